The number of sulfonamides is 1. The Kier molecular flexibility index (Phi) is 5.91. The van der Waals surface area contributed by atoms with E-state index in [1.54, 1.807) is 24.3 Å². The highest BCUT2D eigenvalue weighted by Crippen LogP contribution is 2.23. The van der Waals surface area contributed by atoms with Crippen LogP contribution in [0.4, 0.5) is 5.69 Å². The first-order valence-electron chi connectivity index (χ1n) is 8.52. The Labute approximate surface area is 164 Å². The highest BCUT2D eigenvalue weighted by Gasteiger charge is 2.14. The molecule has 0 radical (unpaired) electrons. The maximum Gasteiger partial charge on any atom is 0.330 e. The van der Waals surface area contributed by atoms with E-state index in [1.807, 2.05) is 42.5 Å². The molecule has 0 fully saturated rings. The third-order valence-corrected chi connectivity index (χ3v) is 5.40. The SMILES string of the molecule is COC(=O)/C=C/c1cccc(S(=O)(=O)Nc2ccc(-c3ccccc3)cc2)c1. The van der Waals surface area contributed by atoms with Gasteiger partial charge >= 0.3 is 5.97 Å². The van der Waals surface area contributed by atoms with Crippen LogP contribution >= 0.6 is 0 Å². The van der Waals surface area contributed by atoms with Crippen LogP contribution in [-0.2, 0) is 19.6 Å². The van der Waals surface area contributed by atoms with Crippen molar-refractivity contribution in [2.45, 2.75) is 4.90 Å². The molecule has 3 rings (SSSR count). The average molecular weight is 393 g/mol. The van der Waals surface area contributed by atoms with Crippen molar-refractivity contribution >= 4 is 27.8 Å². The maximum absolute atomic E-state index is 12.7. The van der Waals surface area contributed by atoms with Gasteiger partial charge in [0.1, 0.15) is 0 Å². The summed E-state index contributed by atoms with van der Waals surface area (Å²) < 4.78 is 32.5. The van der Waals surface area contributed by atoms with Gasteiger partial charge in [0.25, 0.3) is 10.0 Å². The van der Waals surface area contributed by atoms with E-state index in [9.17, 15) is 13.2 Å². The lowest BCUT2D eigenvalue weighted by molar-refractivity contribution is -0.134. The molecule has 0 spiro atoms. The van der Waals surface area contributed by atoms with Crippen LogP contribution in [0.25, 0.3) is 17.2 Å². The Morgan fingerprint density at radius 3 is 2.25 bits per heavy atom. The van der Waals surface area contributed by atoms with Gasteiger partial charge in [-0.1, -0.05) is 54.6 Å². The van der Waals surface area contributed by atoms with Gasteiger partial charge in [-0.3, -0.25) is 4.72 Å². The van der Waals surface area contributed by atoms with Crippen molar-refractivity contribution in [3.63, 3.8) is 0 Å². The minimum Gasteiger partial charge on any atom is -0.466 e. The lowest BCUT2D eigenvalue weighted by Crippen LogP contribution is -2.12. The van der Waals surface area contributed by atoms with Crippen molar-refractivity contribution in [3.05, 3.63) is 90.5 Å². The summed E-state index contributed by atoms with van der Waals surface area (Å²) in [5.74, 6) is -0.509. The summed E-state index contributed by atoms with van der Waals surface area (Å²) in [5.41, 5.74) is 3.10. The predicted octanol–water partition coefficient (Wildman–Crippen LogP) is 4.34. The van der Waals surface area contributed by atoms with E-state index in [0.717, 1.165) is 11.1 Å². The molecule has 0 unspecified atom stereocenters. The molecule has 0 amide bonds. The van der Waals surface area contributed by atoms with Gasteiger partial charge in [0.15, 0.2) is 0 Å². The van der Waals surface area contributed by atoms with E-state index in [4.69, 9.17) is 0 Å². The third-order valence-electron chi connectivity index (χ3n) is 4.03. The Balaban J connectivity index is 1.78. The van der Waals surface area contributed by atoms with Crippen LogP contribution in [0.15, 0.2) is 89.8 Å². The van der Waals surface area contributed by atoms with Gasteiger partial charge in [-0.25, -0.2) is 13.2 Å². The summed E-state index contributed by atoms with van der Waals surface area (Å²) >= 11 is 0. The number of hydrogen-bond donors (Lipinski definition) is 1. The molecule has 0 aliphatic heterocycles. The number of ether oxygens (including phenoxy) is 1. The molecule has 0 saturated heterocycles. The molecule has 28 heavy (non-hydrogen) atoms. The van der Waals surface area contributed by atoms with Crippen molar-refractivity contribution in [1.82, 2.24) is 0 Å². The second-order valence-corrected chi connectivity index (χ2v) is 7.66. The molecule has 0 atom stereocenters. The summed E-state index contributed by atoms with van der Waals surface area (Å²) in [4.78, 5) is 11.3. The number of esters is 1. The number of benzene rings is 3. The number of nitrogens with one attached hydrogen (secondary N) is 1. The van der Waals surface area contributed by atoms with E-state index in [0.29, 0.717) is 11.3 Å². The number of anilines is 1. The van der Waals surface area contributed by atoms with Crippen molar-refractivity contribution < 1.29 is 17.9 Å². The molecule has 0 aromatic heterocycles. The number of hydrogen-bond acceptors (Lipinski definition) is 4. The second-order valence-electron chi connectivity index (χ2n) is 5.98. The van der Waals surface area contributed by atoms with E-state index < -0.39 is 16.0 Å². The largest absolute Gasteiger partial charge is 0.466 e. The Bertz CT molecular complexity index is 1090. The summed E-state index contributed by atoms with van der Waals surface area (Å²) in [6.45, 7) is 0. The fourth-order valence-electron chi connectivity index (χ4n) is 2.59. The van der Waals surface area contributed by atoms with Gasteiger partial charge in [-0.05, 0) is 47.0 Å². The lowest BCUT2D eigenvalue weighted by Gasteiger charge is -2.10. The molecular formula is C22H19NO4S. The fraction of sp³-hybridized carbons (Fsp3) is 0.0455. The summed E-state index contributed by atoms with van der Waals surface area (Å²) in [5, 5.41) is 0. The second kappa shape index (κ2) is 8.54. The maximum atomic E-state index is 12.7. The van der Waals surface area contributed by atoms with E-state index >= 15 is 0 Å². The van der Waals surface area contributed by atoms with Gasteiger partial charge in [-0.15, -0.1) is 0 Å². The zero-order valence-corrected chi connectivity index (χ0v) is 16.0. The Morgan fingerprint density at radius 2 is 1.57 bits per heavy atom. The molecule has 0 heterocycles. The number of rotatable bonds is 6. The van der Waals surface area contributed by atoms with E-state index in [1.165, 1.54) is 31.4 Å². The lowest BCUT2D eigenvalue weighted by atomic mass is 10.1. The highest BCUT2D eigenvalue weighted by molar-refractivity contribution is 7.92. The minimum atomic E-state index is -3.76. The zero-order chi connectivity index (χ0) is 20.0. The standard InChI is InChI=1S/C22H19NO4S/c1-27-22(24)15-10-17-6-5-9-21(16-17)28(25,26)23-20-13-11-19(12-14-20)18-7-3-2-4-8-18/h2-16,23H,1H3/b15-10+. The fourth-order valence-corrected chi connectivity index (χ4v) is 3.71. The molecule has 5 nitrogen and oxygen atoms in total. The van der Waals surface area contributed by atoms with Gasteiger partial charge in [0.2, 0.25) is 0 Å². The molecule has 6 heteroatoms. The molecule has 3 aromatic carbocycles. The third kappa shape index (κ3) is 4.86. The van der Waals surface area contributed by atoms with E-state index in [2.05, 4.69) is 9.46 Å². The van der Waals surface area contributed by atoms with Crippen LogP contribution in [0.5, 0.6) is 0 Å². The zero-order valence-electron chi connectivity index (χ0n) is 15.2. The van der Waals surface area contributed by atoms with Crippen LogP contribution in [0.3, 0.4) is 0 Å². The molecule has 0 saturated carbocycles. The molecule has 0 bridgehead atoms. The first kappa shape index (κ1) is 19.4. The van der Waals surface area contributed by atoms with Crippen molar-refractivity contribution in [2.75, 3.05) is 11.8 Å². The van der Waals surface area contributed by atoms with Crippen molar-refractivity contribution in [1.29, 1.82) is 0 Å². The van der Waals surface area contributed by atoms with Gasteiger partial charge in [0, 0.05) is 11.8 Å². The van der Waals surface area contributed by atoms with Crippen molar-refractivity contribution in [3.8, 4) is 11.1 Å². The first-order valence-corrected chi connectivity index (χ1v) is 10.0. The van der Waals surface area contributed by atoms with Crippen LogP contribution in [0.2, 0.25) is 0 Å². The van der Waals surface area contributed by atoms with Gasteiger partial charge in [0.05, 0.1) is 12.0 Å². The molecule has 0 aliphatic rings. The van der Waals surface area contributed by atoms with Crippen LogP contribution in [-0.4, -0.2) is 21.5 Å². The smallest absolute Gasteiger partial charge is 0.330 e. The number of methoxy groups -OCH3 is 1. The molecule has 1 N–H and O–H groups in total. The normalized spacial score (nSPS) is 11.3. The molecule has 142 valence electrons. The monoisotopic (exact) mass is 393 g/mol. The Morgan fingerprint density at radius 1 is 0.893 bits per heavy atom. The first-order chi connectivity index (χ1) is 13.5. The van der Waals surface area contributed by atoms with Gasteiger partial charge < -0.3 is 4.74 Å². The van der Waals surface area contributed by atoms with Crippen LogP contribution in [0, 0.1) is 0 Å². The summed E-state index contributed by atoms with van der Waals surface area (Å²) in [7, 11) is -2.48. The highest BCUT2D eigenvalue weighted by atomic mass is 32.2. The number of carbonyl (C=O) groups excluding carboxylic acids is 1. The molecule has 3 aromatic rings. The van der Waals surface area contributed by atoms with Gasteiger partial charge in [-0.2, -0.15) is 0 Å². The topological polar surface area (TPSA) is 72.5 Å². The van der Waals surface area contributed by atoms with Crippen LogP contribution in [0.1, 0.15) is 5.56 Å². The molecular weight excluding hydrogens is 374 g/mol. The predicted molar refractivity (Wildman–Crippen MR) is 110 cm³/mol. The molecule has 0 aliphatic carbocycles. The van der Waals surface area contributed by atoms with E-state index in [-0.39, 0.29) is 4.90 Å². The summed E-state index contributed by atoms with van der Waals surface area (Å²) in [6, 6.07) is 23.3. The summed E-state index contributed by atoms with van der Waals surface area (Å²) in [6.07, 6.45) is 2.74. The minimum absolute atomic E-state index is 0.103. The van der Waals surface area contributed by atoms with Crippen molar-refractivity contribution in [2.24, 2.45) is 0 Å². The quantitative estimate of drug-likeness (QED) is 0.499. The van der Waals surface area contributed by atoms with Crippen LogP contribution < -0.4 is 4.72 Å². The average Bonchev–Trinajstić information content (AvgIpc) is 2.73. The Hall–Kier alpha value is -3.38. The number of carbonyl (C=O) groups is 1.